The van der Waals surface area contributed by atoms with Gasteiger partial charge in [-0.05, 0) is 60.6 Å². The predicted molar refractivity (Wildman–Crippen MR) is 118 cm³/mol. The summed E-state index contributed by atoms with van der Waals surface area (Å²) in [6.45, 7) is 1.19. The van der Waals surface area contributed by atoms with Gasteiger partial charge >= 0.3 is 0 Å². The van der Waals surface area contributed by atoms with E-state index in [0.29, 0.717) is 47.3 Å². The molecule has 3 atom stereocenters. The highest BCUT2D eigenvalue weighted by Gasteiger charge is 2.50. The van der Waals surface area contributed by atoms with Crippen molar-refractivity contribution in [2.24, 2.45) is 11.8 Å². The second-order valence-corrected chi connectivity index (χ2v) is 9.57. The molecular formula is C22H19Cl2N5O2. The number of carbonyl (C=O) groups excluding carboxylic acids is 1. The Hall–Kier alpha value is -2.61. The molecule has 31 heavy (non-hydrogen) atoms. The van der Waals surface area contributed by atoms with Crippen LogP contribution in [0.1, 0.15) is 29.0 Å². The molecule has 0 spiro atoms. The number of halogens is 2. The van der Waals surface area contributed by atoms with Gasteiger partial charge < -0.3 is 15.0 Å². The van der Waals surface area contributed by atoms with E-state index < -0.39 is 5.60 Å². The number of nitrogens with zero attached hydrogens (tertiary/aromatic N) is 3. The van der Waals surface area contributed by atoms with Crippen molar-refractivity contribution >= 4 is 51.0 Å². The Labute approximate surface area is 187 Å². The number of carbonyl (C=O) groups is 1. The summed E-state index contributed by atoms with van der Waals surface area (Å²) in [5, 5.41) is 20.6. The minimum Gasteiger partial charge on any atom is -0.385 e. The van der Waals surface area contributed by atoms with E-state index in [2.05, 4.69) is 20.2 Å². The standard InChI is InChI=1S/C22H19Cl2N5O2/c23-13-1-2-17-19(4-13)27-20(26-17)21(30)29-9-11-6-22(31,7-12(11)10-29)16-3-14(24)5-18-15(16)8-25-28-18/h1-5,8,11-12,31H,6-7,9-10H2,(H,25,28)(H,26,27)/t11-,12+,22+. The minimum absolute atomic E-state index is 0.120. The highest BCUT2D eigenvalue weighted by molar-refractivity contribution is 6.31. The van der Waals surface area contributed by atoms with Crippen LogP contribution in [0.4, 0.5) is 0 Å². The zero-order chi connectivity index (χ0) is 21.3. The van der Waals surface area contributed by atoms with Crippen LogP contribution in [0.25, 0.3) is 21.9 Å². The monoisotopic (exact) mass is 455 g/mol. The fraction of sp³-hybridized carbons (Fsp3) is 0.318. The Kier molecular flexibility index (Phi) is 4.12. The molecule has 2 aromatic carbocycles. The zero-order valence-corrected chi connectivity index (χ0v) is 17.9. The number of fused-ring (bicyclic) bond motifs is 3. The van der Waals surface area contributed by atoms with Crippen LogP contribution in [-0.2, 0) is 5.60 Å². The topological polar surface area (TPSA) is 97.9 Å². The van der Waals surface area contributed by atoms with Crippen LogP contribution < -0.4 is 0 Å². The SMILES string of the molecule is O=C(c1nc2cc(Cl)ccc2[nH]1)N1C[C@@H]2C[C@](O)(c3cc(Cl)cc4[nH]ncc34)C[C@@H]2C1. The summed E-state index contributed by atoms with van der Waals surface area (Å²) < 4.78 is 0. The van der Waals surface area contributed by atoms with Gasteiger partial charge in [-0.3, -0.25) is 9.89 Å². The van der Waals surface area contributed by atoms with Crippen molar-refractivity contribution in [1.82, 2.24) is 25.1 Å². The molecule has 0 unspecified atom stereocenters. The fourth-order valence-corrected chi connectivity index (χ4v) is 5.75. The Morgan fingerprint density at radius 1 is 1.10 bits per heavy atom. The number of hydrogen-bond acceptors (Lipinski definition) is 4. The summed E-state index contributed by atoms with van der Waals surface area (Å²) in [5.74, 6) is 0.634. The highest BCUT2D eigenvalue weighted by atomic mass is 35.5. The first kappa shape index (κ1) is 19.1. The van der Waals surface area contributed by atoms with Crippen LogP contribution in [-0.4, -0.2) is 49.2 Å². The quantitative estimate of drug-likeness (QED) is 0.423. The summed E-state index contributed by atoms with van der Waals surface area (Å²) >= 11 is 12.3. The number of H-pyrrole nitrogens is 2. The average Bonchev–Trinajstić information content (AvgIpc) is 3.47. The summed E-state index contributed by atoms with van der Waals surface area (Å²) in [5.41, 5.74) is 2.11. The molecule has 1 saturated carbocycles. The van der Waals surface area contributed by atoms with Gasteiger partial charge in [-0.25, -0.2) is 4.98 Å². The molecule has 4 aromatic rings. The van der Waals surface area contributed by atoms with E-state index in [4.69, 9.17) is 23.2 Å². The molecule has 2 aromatic heterocycles. The van der Waals surface area contributed by atoms with Crippen LogP contribution >= 0.6 is 23.2 Å². The molecule has 3 heterocycles. The van der Waals surface area contributed by atoms with Crippen LogP contribution in [0.5, 0.6) is 0 Å². The largest absolute Gasteiger partial charge is 0.385 e. The zero-order valence-electron chi connectivity index (χ0n) is 16.4. The normalized spacial score (nSPS) is 25.6. The van der Waals surface area contributed by atoms with E-state index in [9.17, 15) is 9.90 Å². The summed E-state index contributed by atoms with van der Waals surface area (Å²) in [7, 11) is 0. The van der Waals surface area contributed by atoms with Crippen molar-refractivity contribution < 1.29 is 9.90 Å². The number of rotatable bonds is 2. The van der Waals surface area contributed by atoms with Crippen molar-refractivity contribution in [3.63, 3.8) is 0 Å². The number of aromatic nitrogens is 4. The van der Waals surface area contributed by atoms with E-state index >= 15 is 0 Å². The van der Waals surface area contributed by atoms with Crippen molar-refractivity contribution in [1.29, 1.82) is 0 Å². The third-order valence-corrected chi connectivity index (χ3v) is 7.19. The fourth-order valence-electron chi connectivity index (χ4n) is 5.37. The van der Waals surface area contributed by atoms with Crippen molar-refractivity contribution in [3.8, 4) is 0 Å². The Bertz CT molecular complexity index is 1330. The lowest BCUT2D eigenvalue weighted by molar-refractivity contribution is 0.0317. The van der Waals surface area contributed by atoms with Gasteiger partial charge in [-0.1, -0.05) is 23.2 Å². The van der Waals surface area contributed by atoms with Gasteiger partial charge in [0, 0.05) is 28.5 Å². The number of aliphatic hydroxyl groups is 1. The first-order valence-corrected chi connectivity index (χ1v) is 11.0. The second-order valence-electron chi connectivity index (χ2n) is 8.70. The molecule has 1 amide bonds. The van der Waals surface area contributed by atoms with E-state index in [-0.39, 0.29) is 17.7 Å². The van der Waals surface area contributed by atoms with Gasteiger partial charge in [0.1, 0.15) is 0 Å². The number of nitrogens with one attached hydrogen (secondary N) is 2. The molecule has 3 N–H and O–H groups in total. The van der Waals surface area contributed by atoms with Gasteiger partial charge in [0.2, 0.25) is 0 Å². The first-order chi connectivity index (χ1) is 14.9. The second kappa shape index (κ2) is 6.69. The lowest BCUT2D eigenvalue weighted by Crippen LogP contribution is -2.33. The lowest BCUT2D eigenvalue weighted by Gasteiger charge is -2.27. The Balaban J connectivity index is 1.24. The van der Waals surface area contributed by atoms with E-state index in [1.54, 1.807) is 18.3 Å². The van der Waals surface area contributed by atoms with Crippen LogP contribution in [0.3, 0.4) is 0 Å². The van der Waals surface area contributed by atoms with Crippen LogP contribution in [0, 0.1) is 11.8 Å². The molecule has 7 nitrogen and oxygen atoms in total. The molecule has 0 bridgehead atoms. The third kappa shape index (κ3) is 3.03. The van der Waals surface area contributed by atoms with Crippen LogP contribution in [0.2, 0.25) is 10.0 Å². The van der Waals surface area contributed by atoms with Gasteiger partial charge in [0.15, 0.2) is 5.82 Å². The molecule has 2 fully saturated rings. The number of benzene rings is 2. The number of aromatic amines is 2. The summed E-state index contributed by atoms with van der Waals surface area (Å²) in [6.07, 6.45) is 2.90. The minimum atomic E-state index is -0.979. The van der Waals surface area contributed by atoms with E-state index in [1.165, 1.54) is 0 Å². The number of hydrogen-bond donors (Lipinski definition) is 3. The van der Waals surface area contributed by atoms with Gasteiger partial charge in [0.05, 0.1) is 28.3 Å². The smallest absolute Gasteiger partial charge is 0.289 e. The van der Waals surface area contributed by atoms with Crippen molar-refractivity contribution in [3.05, 3.63) is 58.0 Å². The maximum absolute atomic E-state index is 13.1. The van der Waals surface area contributed by atoms with Gasteiger partial charge in [-0.15, -0.1) is 0 Å². The maximum Gasteiger partial charge on any atom is 0.289 e. The molecule has 2 aliphatic rings. The molecule has 158 valence electrons. The predicted octanol–water partition coefficient (Wildman–Crippen LogP) is 4.12. The molecule has 1 aliphatic carbocycles. The van der Waals surface area contributed by atoms with Crippen molar-refractivity contribution in [2.45, 2.75) is 18.4 Å². The van der Waals surface area contributed by atoms with Crippen molar-refractivity contribution in [2.75, 3.05) is 13.1 Å². The number of imidazole rings is 1. The molecule has 0 radical (unpaired) electrons. The number of likely N-dealkylation sites (tertiary alicyclic amines) is 1. The molecule has 1 aliphatic heterocycles. The lowest BCUT2D eigenvalue weighted by atomic mass is 9.88. The Morgan fingerprint density at radius 3 is 2.65 bits per heavy atom. The Morgan fingerprint density at radius 2 is 1.87 bits per heavy atom. The first-order valence-electron chi connectivity index (χ1n) is 10.2. The molecule has 1 saturated heterocycles. The van der Waals surface area contributed by atoms with Gasteiger partial charge in [0.25, 0.3) is 5.91 Å². The highest BCUT2D eigenvalue weighted by Crippen LogP contribution is 2.50. The van der Waals surface area contributed by atoms with E-state index in [1.807, 2.05) is 23.1 Å². The molecule has 6 rings (SSSR count). The third-order valence-electron chi connectivity index (χ3n) is 6.74. The number of amides is 1. The average molecular weight is 456 g/mol. The van der Waals surface area contributed by atoms with E-state index in [0.717, 1.165) is 22.0 Å². The van der Waals surface area contributed by atoms with Crippen LogP contribution in [0.15, 0.2) is 36.5 Å². The summed E-state index contributed by atoms with van der Waals surface area (Å²) in [4.78, 5) is 22.4. The maximum atomic E-state index is 13.1. The molecular weight excluding hydrogens is 437 g/mol. The van der Waals surface area contributed by atoms with Gasteiger partial charge in [-0.2, -0.15) is 5.10 Å². The summed E-state index contributed by atoms with van der Waals surface area (Å²) in [6, 6.07) is 8.98. The molecule has 9 heteroatoms.